The number of hydrogen-bond acceptors (Lipinski definition) is 5. The van der Waals surface area contributed by atoms with Crippen LogP contribution in [-0.4, -0.2) is 58.9 Å². The molecule has 1 N–H and O–H groups in total. The molecule has 7 nitrogen and oxygen atoms in total. The lowest BCUT2D eigenvalue weighted by atomic mass is 10.0. The first-order valence-corrected chi connectivity index (χ1v) is 9.12. The summed E-state index contributed by atoms with van der Waals surface area (Å²) in [5, 5.41) is 10.4. The maximum Gasteiger partial charge on any atom is 0.261 e. The third-order valence-corrected chi connectivity index (χ3v) is 5.11. The van der Waals surface area contributed by atoms with Gasteiger partial charge in [0.15, 0.2) is 0 Å². The third-order valence-electron chi connectivity index (χ3n) is 5.11. The summed E-state index contributed by atoms with van der Waals surface area (Å²) in [4.78, 5) is 40.8. The molecule has 3 amide bonds. The van der Waals surface area contributed by atoms with Crippen LogP contribution < -0.4 is 0 Å². The van der Waals surface area contributed by atoms with Gasteiger partial charge in [0.2, 0.25) is 0 Å². The zero-order valence-corrected chi connectivity index (χ0v) is 15.5. The molecule has 28 heavy (non-hydrogen) atoms. The van der Waals surface area contributed by atoms with E-state index in [1.807, 2.05) is 0 Å². The molecule has 0 bridgehead atoms. The summed E-state index contributed by atoms with van der Waals surface area (Å²) in [7, 11) is 0. The van der Waals surface area contributed by atoms with Crippen LogP contribution in [0.2, 0.25) is 0 Å². The molecule has 4 rings (SSSR count). The normalized spacial score (nSPS) is 16.5. The number of hydrogen-bond donors (Lipinski definition) is 1. The number of ether oxygens (including phenoxy) is 1. The standard InChI is InChI=1S/C21H20N2O5/c1-13-10-14(11-17(18(13)24)19(25)22-6-8-28-9-7-22)12-23-20(26)15-4-2-3-5-16(15)21(23)27/h2-5,10-11,24H,6-9,12H2,1H3. The monoisotopic (exact) mass is 380 g/mol. The van der Waals surface area contributed by atoms with Crippen molar-refractivity contribution in [1.29, 1.82) is 0 Å². The molecule has 0 spiro atoms. The molecule has 0 aliphatic carbocycles. The summed E-state index contributed by atoms with van der Waals surface area (Å²) in [6, 6.07) is 9.95. The lowest BCUT2D eigenvalue weighted by Gasteiger charge is -2.27. The predicted molar refractivity (Wildman–Crippen MR) is 100 cm³/mol. The fraction of sp³-hybridized carbons (Fsp3) is 0.286. The summed E-state index contributed by atoms with van der Waals surface area (Å²) >= 11 is 0. The summed E-state index contributed by atoms with van der Waals surface area (Å²) in [6.45, 7) is 3.56. The molecule has 2 aliphatic rings. The van der Waals surface area contributed by atoms with E-state index >= 15 is 0 Å². The molecule has 2 aromatic carbocycles. The van der Waals surface area contributed by atoms with Crippen LogP contribution in [-0.2, 0) is 11.3 Å². The third kappa shape index (κ3) is 3.03. The maximum atomic E-state index is 12.8. The second kappa shape index (κ2) is 7.09. The van der Waals surface area contributed by atoms with Gasteiger partial charge in [-0.2, -0.15) is 0 Å². The van der Waals surface area contributed by atoms with E-state index in [1.165, 1.54) is 4.90 Å². The van der Waals surface area contributed by atoms with E-state index in [-0.39, 0.29) is 35.6 Å². The first-order valence-electron chi connectivity index (χ1n) is 9.12. The summed E-state index contributed by atoms with van der Waals surface area (Å²) in [6.07, 6.45) is 0. The van der Waals surface area contributed by atoms with Crippen LogP contribution in [0.1, 0.15) is 42.2 Å². The van der Waals surface area contributed by atoms with Crippen molar-refractivity contribution >= 4 is 17.7 Å². The number of nitrogens with zero attached hydrogens (tertiary/aromatic N) is 2. The highest BCUT2D eigenvalue weighted by atomic mass is 16.5. The molecule has 0 saturated carbocycles. The van der Waals surface area contributed by atoms with Gasteiger partial charge in [0.05, 0.1) is 36.4 Å². The number of carbonyl (C=O) groups is 3. The quantitative estimate of drug-likeness (QED) is 0.823. The number of aryl methyl sites for hydroxylation is 1. The van der Waals surface area contributed by atoms with E-state index in [0.717, 1.165) is 0 Å². The molecule has 0 aromatic heterocycles. The predicted octanol–water partition coefficient (Wildman–Crippen LogP) is 1.97. The van der Waals surface area contributed by atoms with Crippen LogP contribution in [0.5, 0.6) is 5.75 Å². The molecule has 144 valence electrons. The Balaban J connectivity index is 1.63. The highest BCUT2D eigenvalue weighted by Gasteiger charge is 2.35. The number of imide groups is 1. The van der Waals surface area contributed by atoms with Crippen molar-refractivity contribution in [1.82, 2.24) is 9.80 Å². The Morgan fingerprint density at radius 2 is 1.68 bits per heavy atom. The summed E-state index contributed by atoms with van der Waals surface area (Å²) < 4.78 is 5.27. The average molecular weight is 380 g/mol. The smallest absolute Gasteiger partial charge is 0.261 e. The van der Waals surface area contributed by atoms with Gasteiger partial charge in [0, 0.05) is 13.1 Å². The van der Waals surface area contributed by atoms with Gasteiger partial charge in [-0.05, 0) is 36.2 Å². The Hall–Kier alpha value is -3.19. The number of benzene rings is 2. The highest BCUT2D eigenvalue weighted by molar-refractivity contribution is 6.21. The van der Waals surface area contributed by atoms with Gasteiger partial charge in [0.25, 0.3) is 17.7 Å². The minimum Gasteiger partial charge on any atom is -0.507 e. The maximum absolute atomic E-state index is 12.8. The first-order chi connectivity index (χ1) is 13.5. The number of carbonyl (C=O) groups excluding carboxylic acids is 3. The molecule has 7 heteroatoms. The fourth-order valence-electron chi connectivity index (χ4n) is 3.61. The average Bonchev–Trinajstić information content (AvgIpc) is 2.96. The second-order valence-electron chi connectivity index (χ2n) is 6.96. The number of phenols is 1. The van der Waals surface area contributed by atoms with Crippen LogP contribution in [0.25, 0.3) is 0 Å². The van der Waals surface area contributed by atoms with Crippen molar-refractivity contribution in [2.75, 3.05) is 26.3 Å². The van der Waals surface area contributed by atoms with Crippen LogP contribution in [0.3, 0.4) is 0 Å². The van der Waals surface area contributed by atoms with Gasteiger partial charge in [-0.25, -0.2) is 0 Å². The Morgan fingerprint density at radius 3 is 2.29 bits per heavy atom. The van der Waals surface area contributed by atoms with Crippen molar-refractivity contribution in [3.05, 3.63) is 64.2 Å². The van der Waals surface area contributed by atoms with Gasteiger partial charge in [0.1, 0.15) is 5.75 Å². The number of fused-ring (bicyclic) bond motifs is 1. The fourth-order valence-corrected chi connectivity index (χ4v) is 3.61. The SMILES string of the molecule is Cc1cc(CN2C(=O)c3ccccc3C2=O)cc(C(=O)N2CCOCC2)c1O. The molecular weight excluding hydrogens is 360 g/mol. The van der Waals surface area contributed by atoms with Crippen LogP contribution >= 0.6 is 0 Å². The molecule has 1 saturated heterocycles. The number of morpholine rings is 1. The van der Waals surface area contributed by atoms with Gasteiger partial charge in [-0.15, -0.1) is 0 Å². The van der Waals surface area contributed by atoms with Crippen molar-refractivity contribution in [2.45, 2.75) is 13.5 Å². The van der Waals surface area contributed by atoms with Crippen LogP contribution in [0.4, 0.5) is 0 Å². The minimum absolute atomic E-state index is 0.0385. The lowest BCUT2D eigenvalue weighted by molar-refractivity contribution is 0.0301. The molecule has 2 aliphatic heterocycles. The second-order valence-corrected chi connectivity index (χ2v) is 6.96. The Bertz CT molecular complexity index is 944. The Kier molecular flexibility index (Phi) is 4.60. The van der Waals surface area contributed by atoms with E-state index in [0.29, 0.717) is 48.6 Å². The molecule has 2 heterocycles. The van der Waals surface area contributed by atoms with E-state index in [2.05, 4.69) is 0 Å². The summed E-state index contributed by atoms with van der Waals surface area (Å²) in [5.74, 6) is -1.07. The van der Waals surface area contributed by atoms with E-state index in [9.17, 15) is 19.5 Å². The molecule has 0 unspecified atom stereocenters. The lowest BCUT2D eigenvalue weighted by Crippen LogP contribution is -2.40. The van der Waals surface area contributed by atoms with Gasteiger partial charge in [-0.3, -0.25) is 19.3 Å². The van der Waals surface area contributed by atoms with E-state index in [1.54, 1.807) is 48.2 Å². The number of amides is 3. The van der Waals surface area contributed by atoms with E-state index in [4.69, 9.17) is 4.74 Å². The first kappa shape index (κ1) is 18.2. The Morgan fingerprint density at radius 1 is 1.07 bits per heavy atom. The largest absolute Gasteiger partial charge is 0.507 e. The van der Waals surface area contributed by atoms with Gasteiger partial charge >= 0.3 is 0 Å². The van der Waals surface area contributed by atoms with Crippen molar-refractivity contribution < 1.29 is 24.2 Å². The topological polar surface area (TPSA) is 87.2 Å². The van der Waals surface area contributed by atoms with Crippen LogP contribution in [0.15, 0.2) is 36.4 Å². The van der Waals surface area contributed by atoms with Crippen molar-refractivity contribution in [3.63, 3.8) is 0 Å². The molecule has 0 atom stereocenters. The zero-order valence-electron chi connectivity index (χ0n) is 15.5. The van der Waals surface area contributed by atoms with E-state index < -0.39 is 0 Å². The van der Waals surface area contributed by atoms with Crippen molar-refractivity contribution in [2.24, 2.45) is 0 Å². The van der Waals surface area contributed by atoms with Crippen molar-refractivity contribution in [3.8, 4) is 5.75 Å². The minimum atomic E-state index is -0.354. The van der Waals surface area contributed by atoms with Gasteiger partial charge < -0.3 is 14.7 Å². The molecule has 2 aromatic rings. The number of aromatic hydroxyl groups is 1. The zero-order chi connectivity index (χ0) is 19.8. The molecular formula is C21H20N2O5. The molecule has 1 fully saturated rings. The van der Waals surface area contributed by atoms with Crippen LogP contribution in [0, 0.1) is 6.92 Å². The summed E-state index contributed by atoms with van der Waals surface area (Å²) in [5.41, 5.74) is 2.07. The number of rotatable bonds is 3. The number of phenolic OH excluding ortho intramolecular Hbond substituents is 1. The Labute approximate surface area is 162 Å². The highest BCUT2D eigenvalue weighted by Crippen LogP contribution is 2.29. The van der Waals surface area contributed by atoms with Gasteiger partial charge in [-0.1, -0.05) is 18.2 Å². The molecule has 0 radical (unpaired) electrons.